The van der Waals surface area contributed by atoms with E-state index in [9.17, 15) is 13.2 Å². The fourth-order valence-corrected chi connectivity index (χ4v) is 6.47. The lowest BCUT2D eigenvalue weighted by molar-refractivity contribution is 0.191. The zero-order valence-electron chi connectivity index (χ0n) is 20.3. The average Bonchev–Trinajstić information content (AvgIpc) is 3.67. The van der Waals surface area contributed by atoms with Crippen LogP contribution in [0.3, 0.4) is 0 Å². The highest BCUT2D eigenvalue weighted by Gasteiger charge is 2.41. The number of fused-ring (bicyclic) bond motifs is 1. The standard InChI is InChI=1S/C24H28ClN5O6S/c1-35-22-14-21(36-11-5-26-24(31)32)18(13-19(22)25)20-15-29-6-4-16(12-23(29)27-20)28-7-9-30(10-8-28)37(33,34)17-2-3-17/h4,6,12-15,17,26H,2-3,5,7-11H2,1H3,(H,31,32). The van der Waals surface area contributed by atoms with E-state index in [1.165, 1.54) is 7.11 Å². The van der Waals surface area contributed by atoms with Gasteiger partial charge in [-0.2, -0.15) is 4.31 Å². The summed E-state index contributed by atoms with van der Waals surface area (Å²) < 4.78 is 39.7. The minimum absolute atomic E-state index is 0.115. The SMILES string of the molecule is COc1cc(OCCNC(=O)O)c(-c2cn3ccc(N4CCN(S(=O)(=O)C5CC5)CC4)cc3n2)cc1Cl. The summed E-state index contributed by atoms with van der Waals surface area (Å²) in [4.78, 5) is 17.7. The Bertz CT molecular complexity index is 1420. The number of hydrogen-bond acceptors (Lipinski definition) is 7. The predicted octanol–water partition coefficient (Wildman–Crippen LogP) is 2.92. The first kappa shape index (κ1) is 25.4. The third-order valence-corrected chi connectivity index (χ3v) is 9.21. The molecule has 1 saturated carbocycles. The van der Waals surface area contributed by atoms with E-state index in [1.807, 2.05) is 28.9 Å². The van der Waals surface area contributed by atoms with Gasteiger partial charge in [0.05, 0.1) is 29.6 Å². The van der Waals surface area contributed by atoms with Gasteiger partial charge in [-0.15, -0.1) is 0 Å². The molecule has 1 aromatic carbocycles. The number of anilines is 1. The Morgan fingerprint density at radius 2 is 1.95 bits per heavy atom. The van der Waals surface area contributed by atoms with E-state index in [2.05, 4.69) is 10.2 Å². The van der Waals surface area contributed by atoms with E-state index in [-0.39, 0.29) is 18.4 Å². The van der Waals surface area contributed by atoms with Gasteiger partial charge >= 0.3 is 6.09 Å². The average molecular weight is 550 g/mol. The zero-order chi connectivity index (χ0) is 26.2. The number of ether oxygens (including phenoxy) is 2. The molecule has 1 aliphatic heterocycles. The van der Waals surface area contributed by atoms with E-state index in [0.717, 1.165) is 18.5 Å². The van der Waals surface area contributed by atoms with Crippen molar-refractivity contribution in [3.05, 3.63) is 41.7 Å². The van der Waals surface area contributed by atoms with Crippen LogP contribution < -0.4 is 19.7 Å². The van der Waals surface area contributed by atoms with Crippen LogP contribution in [0.1, 0.15) is 12.8 Å². The summed E-state index contributed by atoms with van der Waals surface area (Å²) in [5, 5.41) is 11.3. The molecule has 13 heteroatoms. The van der Waals surface area contributed by atoms with E-state index >= 15 is 0 Å². The van der Waals surface area contributed by atoms with Crippen molar-refractivity contribution in [3.63, 3.8) is 0 Å². The molecule has 0 spiro atoms. The first-order valence-electron chi connectivity index (χ1n) is 12.0. The molecule has 11 nitrogen and oxygen atoms in total. The maximum Gasteiger partial charge on any atom is 0.404 e. The van der Waals surface area contributed by atoms with Crippen molar-refractivity contribution in [2.75, 3.05) is 51.3 Å². The summed E-state index contributed by atoms with van der Waals surface area (Å²) in [5.74, 6) is 0.894. The monoisotopic (exact) mass is 549 g/mol. The number of piperazine rings is 1. The van der Waals surface area contributed by atoms with Crippen LogP contribution in [0.15, 0.2) is 36.7 Å². The van der Waals surface area contributed by atoms with E-state index < -0.39 is 16.1 Å². The van der Waals surface area contributed by atoms with Crippen LogP contribution in [0.4, 0.5) is 10.5 Å². The summed E-state index contributed by atoms with van der Waals surface area (Å²) in [5.41, 5.74) is 2.96. The van der Waals surface area contributed by atoms with E-state index in [0.29, 0.717) is 59.6 Å². The summed E-state index contributed by atoms with van der Waals surface area (Å²) in [6.07, 6.45) is 4.19. The molecule has 0 bridgehead atoms. The lowest BCUT2D eigenvalue weighted by Crippen LogP contribution is -2.49. The van der Waals surface area contributed by atoms with Crippen LogP contribution in [0.25, 0.3) is 16.9 Å². The molecule has 1 saturated heterocycles. The molecule has 2 aliphatic rings. The largest absolute Gasteiger partial charge is 0.495 e. The maximum atomic E-state index is 12.5. The Hall–Kier alpha value is -3.22. The van der Waals surface area contributed by atoms with Gasteiger partial charge in [-0.05, 0) is 25.0 Å². The number of rotatable bonds is 9. The van der Waals surface area contributed by atoms with Crippen molar-refractivity contribution < 1.29 is 27.8 Å². The lowest BCUT2D eigenvalue weighted by Gasteiger charge is -2.35. The quantitative estimate of drug-likeness (QED) is 0.390. The van der Waals surface area contributed by atoms with E-state index in [4.69, 9.17) is 31.2 Å². The summed E-state index contributed by atoms with van der Waals surface area (Å²) in [7, 11) is -1.65. The second kappa shape index (κ2) is 10.3. The number of hydrogen-bond donors (Lipinski definition) is 2. The number of carbonyl (C=O) groups is 1. The molecule has 0 radical (unpaired) electrons. The number of benzene rings is 1. The number of methoxy groups -OCH3 is 1. The molecule has 2 N–H and O–H groups in total. The number of pyridine rings is 1. The van der Waals surface area contributed by atoms with Gasteiger partial charge in [0, 0.05) is 62.0 Å². The molecule has 3 aromatic rings. The highest BCUT2D eigenvalue weighted by molar-refractivity contribution is 7.90. The van der Waals surface area contributed by atoms with Gasteiger partial charge in [-0.1, -0.05) is 11.6 Å². The first-order chi connectivity index (χ1) is 17.8. The Morgan fingerprint density at radius 3 is 2.62 bits per heavy atom. The Kier molecular flexibility index (Phi) is 7.06. The van der Waals surface area contributed by atoms with Crippen molar-refractivity contribution in [2.45, 2.75) is 18.1 Å². The molecule has 1 aliphatic carbocycles. The summed E-state index contributed by atoms with van der Waals surface area (Å²) >= 11 is 6.39. The van der Waals surface area contributed by atoms with Crippen LogP contribution in [-0.4, -0.2) is 85.0 Å². The lowest BCUT2D eigenvalue weighted by atomic mass is 10.1. The number of imidazole rings is 1. The van der Waals surface area contributed by atoms with Gasteiger partial charge in [-0.3, -0.25) is 0 Å². The molecule has 3 heterocycles. The van der Waals surface area contributed by atoms with Crippen LogP contribution in [0.2, 0.25) is 5.02 Å². The summed E-state index contributed by atoms with van der Waals surface area (Å²) in [6, 6.07) is 7.32. The van der Waals surface area contributed by atoms with Crippen molar-refractivity contribution in [3.8, 4) is 22.8 Å². The van der Waals surface area contributed by atoms with E-state index in [1.54, 1.807) is 16.4 Å². The number of aromatic nitrogens is 2. The molecule has 198 valence electrons. The van der Waals surface area contributed by atoms with Crippen molar-refractivity contribution in [1.82, 2.24) is 19.0 Å². The fraction of sp³-hybridized carbons (Fsp3) is 0.417. The van der Waals surface area contributed by atoms with Gasteiger partial charge in [0.2, 0.25) is 10.0 Å². The number of carboxylic acid groups (broad SMARTS) is 1. The third-order valence-electron chi connectivity index (χ3n) is 6.52. The molecule has 2 fully saturated rings. The molecular weight excluding hydrogens is 522 g/mol. The van der Waals surface area contributed by atoms with Gasteiger partial charge in [0.15, 0.2) is 0 Å². The van der Waals surface area contributed by atoms with Crippen LogP contribution in [0, 0.1) is 0 Å². The highest BCUT2D eigenvalue weighted by atomic mass is 35.5. The molecule has 2 aromatic heterocycles. The molecule has 0 unspecified atom stereocenters. The minimum atomic E-state index is -3.16. The molecule has 37 heavy (non-hydrogen) atoms. The van der Waals surface area contributed by atoms with Crippen molar-refractivity contribution >= 4 is 39.1 Å². The smallest absolute Gasteiger partial charge is 0.404 e. The van der Waals surface area contributed by atoms with Gasteiger partial charge in [0.25, 0.3) is 0 Å². The van der Waals surface area contributed by atoms with Crippen molar-refractivity contribution in [2.24, 2.45) is 0 Å². The molecular formula is C24H28ClN5O6S. The number of nitrogens with one attached hydrogen (secondary N) is 1. The highest BCUT2D eigenvalue weighted by Crippen LogP contribution is 2.38. The Morgan fingerprint density at radius 1 is 1.19 bits per heavy atom. The number of amides is 1. The second-order valence-corrected chi connectivity index (χ2v) is 11.6. The van der Waals surface area contributed by atoms with Crippen LogP contribution in [-0.2, 0) is 10.0 Å². The van der Waals surface area contributed by atoms with Crippen LogP contribution >= 0.6 is 11.6 Å². The number of nitrogens with zero attached hydrogens (tertiary/aromatic N) is 4. The molecule has 1 amide bonds. The van der Waals surface area contributed by atoms with Crippen molar-refractivity contribution in [1.29, 1.82) is 0 Å². The summed E-state index contributed by atoms with van der Waals surface area (Å²) in [6.45, 7) is 2.42. The minimum Gasteiger partial charge on any atom is -0.495 e. The van der Waals surface area contributed by atoms with Gasteiger partial charge in [-0.25, -0.2) is 18.2 Å². The third kappa shape index (κ3) is 5.41. The molecule has 5 rings (SSSR count). The molecule has 0 atom stereocenters. The normalized spacial score (nSPS) is 16.6. The Labute approximate surface area is 219 Å². The fourth-order valence-electron chi connectivity index (χ4n) is 4.40. The topological polar surface area (TPSA) is 126 Å². The number of halogens is 1. The Balaban J connectivity index is 1.36. The van der Waals surface area contributed by atoms with Gasteiger partial charge in [0.1, 0.15) is 23.8 Å². The number of sulfonamides is 1. The van der Waals surface area contributed by atoms with Crippen LogP contribution in [0.5, 0.6) is 11.5 Å². The maximum absolute atomic E-state index is 12.5. The second-order valence-electron chi connectivity index (χ2n) is 8.97. The zero-order valence-corrected chi connectivity index (χ0v) is 21.8. The van der Waals surface area contributed by atoms with Gasteiger partial charge < -0.3 is 29.2 Å². The predicted molar refractivity (Wildman–Crippen MR) is 139 cm³/mol. The first-order valence-corrected chi connectivity index (χ1v) is 13.8.